The largest absolute Gasteiger partial charge is 0.344 e. The van der Waals surface area contributed by atoms with Gasteiger partial charge in [-0.05, 0) is 24.3 Å². The Hall–Kier alpha value is -0.960. The van der Waals surface area contributed by atoms with Gasteiger partial charge in [0.25, 0.3) is 0 Å². The third kappa shape index (κ3) is 2.53. The average Bonchev–Trinajstić information content (AvgIpc) is 2.73. The van der Waals surface area contributed by atoms with Gasteiger partial charge in [-0.1, -0.05) is 25.8 Å². The first kappa shape index (κ1) is 10.6. The number of aromatic amines is 1. The van der Waals surface area contributed by atoms with Gasteiger partial charge in [0.15, 0.2) is 0 Å². The molecule has 0 fully saturated rings. The summed E-state index contributed by atoms with van der Waals surface area (Å²) in [6, 6.07) is 6.24. The number of hydrogen-bond donors (Lipinski definition) is 1. The molecule has 0 unspecified atom stereocenters. The number of fused-ring (bicyclic) bond motifs is 1. The van der Waals surface area contributed by atoms with Crippen molar-refractivity contribution in [3.05, 3.63) is 31.5 Å². The summed E-state index contributed by atoms with van der Waals surface area (Å²) in [5.41, 5.74) is 2.22. The molecule has 0 saturated carbocycles. The number of H-pyrrole nitrogens is 1. The summed E-state index contributed by atoms with van der Waals surface area (Å²) in [6.07, 6.45) is 5.24. The number of nitrogens with zero attached hydrogens (tertiary/aromatic N) is 1. The van der Waals surface area contributed by atoms with Crippen molar-refractivity contribution in [2.75, 3.05) is 5.75 Å². The van der Waals surface area contributed by atoms with E-state index in [1.54, 1.807) is 6.33 Å². The summed E-state index contributed by atoms with van der Waals surface area (Å²) in [5, 5.41) is 0. The highest BCUT2D eigenvalue weighted by molar-refractivity contribution is 7.99. The predicted octanol–water partition coefficient (Wildman–Crippen LogP) is 3.66. The van der Waals surface area contributed by atoms with Gasteiger partial charge in [0.05, 0.1) is 17.4 Å². The van der Waals surface area contributed by atoms with Crippen molar-refractivity contribution < 1.29 is 0 Å². The van der Waals surface area contributed by atoms with Crippen molar-refractivity contribution in [2.45, 2.75) is 24.2 Å². The fourth-order valence-electron chi connectivity index (χ4n) is 1.52. The normalized spacial score (nSPS) is 11.0. The summed E-state index contributed by atoms with van der Waals surface area (Å²) >= 11 is 1.90. The van der Waals surface area contributed by atoms with Crippen LogP contribution in [-0.2, 0) is 0 Å². The van der Waals surface area contributed by atoms with Crippen LogP contribution in [0.4, 0.5) is 0 Å². The molecule has 1 N–H and O–H groups in total. The van der Waals surface area contributed by atoms with Crippen LogP contribution >= 0.6 is 11.8 Å². The lowest BCUT2D eigenvalue weighted by molar-refractivity contribution is 0.821. The summed E-state index contributed by atoms with van der Waals surface area (Å²) in [4.78, 5) is 8.73. The molecule has 0 aliphatic rings. The quantitative estimate of drug-likeness (QED) is 0.614. The highest BCUT2D eigenvalue weighted by atomic mass is 32.2. The maximum absolute atomic E-state index is 4.24. The predicted molar refractivity (Wildman–Crippen MR) is 66.0 cm³/mol. The fraction of sp³-hybridized carbons (Fsp3) is 0.333. The Morgan fingerprint density at radius 2 is 2.27 bits per heavy atom. The van der Waals surface area contributed by atoms with Crippen LogP contribution in [0.15, 0.2) is 29.4 Å². The van der Waals surface area contributed by atoms with Crippen LogP contribution in [0.3, 0.4) is 0 Å². The average molecular weight is 219 g/mol. The molecule has 0 aliphatic heterocycles. The van der Waals surface area contributed by atoms with E-state index >= 15 is 0 Å². The second-order valence-electron chi connectivity index (χ2n) is 3.46. The number of hydrogen-bond acceptors (Lipinski definition) is 2. The standard InChI is InChI=1S/C12H15N2S/c1-2-3-4-8-15-11-7-5-6-10-12(11)14-9-13-10/h5-7,9H,1-4,8H2,(H,13,14). The van der Waals surface area contributed by atoms with Gasteiger partial charge < -0.3 is 4.98 Å². The van der Waals surface area contributed by atoms with Crippen LogP contribution in [0.5, 0.6) is 0 Å². The zero-order chi connectivity index (χ0) is 10.5. The number of rotatable bonds is 5. The molecule has 0 spiro atoms. The van der Waals surface area contributed by atoms with Crippen molar-refractivity contribution >= 4 is 22.8 Å². The zero-order valence-electron chi connectivity index (χ0n) is 8.70. The van der Waals surface area contributed by atoms with Gasteiger partial charge in [-0.3, -0.25) is 0 Å². The molecule has 2 aromatic rings. The second-order valence-corrected chi connectivity index (χ2v) is 4.60. The monoisotopic (exact) mass is 219 g/mol. The summed E-state index contributed by atoms with van der Waals surface area (Å²) in [5.74, 6) is 1.16. The van der Waals surface area contributed by atoms with E-state index in [1.165, 1.54) is 17.7 Å². The molecular weight excluding hydrogens is 204 g/mol. The van der Waals surface area contributed by atoms with Gasteiger partial charge in [-0.15, -0.1) is 11.8 Å². The number of imidazole rings is 1. The lowest BCUT2D eigenvalue weighted by Gasteiger charge is -2.01. The Balaban J connectivity index is 2.04. The molecule has 79 valence electrons. The molecule has 0 amide bonds. The van der Waals surface area contributed by atoms with Crippen molar-refractivity contribution in [1.82, 2.24) is 9.97 Å². The summed E-state index contributed by atoms with van der Waals surface area (Å²) in [6.45, 7) is 3.85. The van der Waals surface area contributed by atoms with Gasteiger partial charge in [-0.25, -0.2) is 4.98 Å². The molecule has 15 heavy (non-hydrogen) atoms. The van der Waals surface area contributed by atoms with Crippen LogP contribution in [0.25, 0.3) is 11.0 Å². The lowest BCUT2D eigenvalue weighted by atomic mass is 10.3. The topological polar surface area (TPSA) is 28.7 Å². The molecule has 1 heterocycles. The molecule has 2 nitrogen and oxygen atoms in total. The van der Waals surface area contributed by atoms with Crippen molar-refractivity contribution in [2.24, 2.45) is 0 Å². The second kappa shape index (κ2) is 5.21. The Bertz CT molecular complexity index is 422. The van der Waals surface area contributed by atoms with Crippen molar-refractivity contribution in [1.29, 1.82) is 0 Å². The van der Waals surface area contributed by atoms with E-state index in [1.807, 2.05) is 17.8 Å². The van der Waals surface area contributed by atoms with Gasteiger partial charge in [-0.2, -0.15) is 0 Å². The SMILES string of the molecule is [CH2]CCCCSc1cccc2nc[nH]c12. The lowest BCUT2D eigenvalue weighted by Crippen LogP contribution is -1.81. The first-order chi connectivity index (χ1) is 7.42. The molecule has 2 rings (SSSR count). The molecule has 0 bridgehead atoms. The number of para-hydroxylation sites is 1. The maximum atomic E-state index is 4.24. The molecule has 0 atom stereocenters. The number of nitrogens with one attached hydrogen (secondary N) is 1. The smallest absolute Gasteiger partial charge is 0.0932 e. The molecule has 3 heteroatoms. The van der Waals surface area contributed by atoms with Gasteiger partial charge >= 0.3 is 0 Å². The van der Waals surface area contributed by atoms with Crippen LogP contribution in [0.2, 0.25) is 0 Å². The summed E-state index contributed by atoms with van der Waals surface area (Å²) < 4.78 is 0. The van der Waals surface area contributed by atoms with E-state index < -0.39 is 0 Å². The Morgan fingerprint density at radius 3 is 3.13 bits per heavy atom. The van der Waals surface area contributed by atoms with E-state index in [-0.39, 0.29) is 0 Å². The first-order valence-corrected chi connectivity index (χ1v) is 6.24. The molecular formula is C12H15N2S. The minimum atomic E-state index is 1.04. The van der Waals surface area contributed by atoms with Crippen LogP contribution in [-0.4, -0.2) is 15.7 Å². The van der Waals surface area contributed by atoms with Crippen molar-refractivity contribution in [3.8, 4) is 0 Å². The van der Waals surface area contributed by atoms with Crippen LogP contribution in [0.1, 0.15) is 19.3 Å². The van der Waals surface area contributed by atoms with Gasteiger partial charge in [0.1, 0.15) is 0 Å². The Kier molecular flexibility index (Phi) is 3.67. The summed E-state index contributed by atoms with van der Waals surface area (Å²) in [7, 11) is 0. The minimum absolute atomic E-state index is 1.04. The fourth-order valence-corrected chi connectivity index (χ4v) is 2.57. The highest BCUT2D eigenvalue weighted by Crippen LogP contribution is 2.26. The molecule has 0 saturated heterocycles. The Morgan fingerprint density at radius 1 is 1.33 bits per heavy atom. The van der Waals surface area contributed by atoms with Gasteiger partial charge in [0.2, 0.25) is 0 Å². The molecule has 0 aliphatic carbocycles. The Labute approximate surface area is 94.5 Å². The number of unbranched alkanes of at least 4 members (excludes halogenated alkanes) is 2. The maximum Gasteiger partial charge on any atom is 0.0932 e. The van der Waals surface area contributed by atoms with Gasteiger partial charge in [0, 0.05) is 4.90 Å². The first-order valence-electron chi connectivity index (χ1n) is 5.26. The van der Waals surface area contributed by atoms with Crippen LogP contribution in [0, 0.1) is 6.92 Å². The van der Waals surface area contributed by atoms with E-state index in [2.05, 4.69) is 29.0 Å². The molecule has 1 radical (unpaired) electrons. The van der Waals surface area contributed by atoms with E-state index in [0.29, 0.717) is 0 Å². The third-order valence-electron chi connectivity index (χ3n) is 2.32. The van der Waals surface area contributed by atoms with E-state index in [0.717, 1.165) is 23.2 Å². The van der Waals surface area contributed by atoms with E-state index in [4.69, 9.17) is 0 Å². The van der Waals surface area contributed by atoms with Crippen molar-refractivity contribution in [3.63, 3.8) is 0 Å². The third-order valence-corrected chi connectivity index (χ3v) is 3.46. The minimum Gasteiger partial charge on any atom is -0.344 e. The zero-order valence-corrected chi connectivity index (χ0v) is 9.52. The molecule has 1 aromatic heterocycles. The van der Waals surface area contributed by atoms with E-state index in [9.17, 15) is 0 Å². The highest BCUT2D eigenvalue weighted by Gasteiger charge is 2.02. The number of thioether (sulfide) groups is 1. The number of benzene rings is 1. The molecule has 1 aromatic carbocycles. The van der Waals surface area contributed by atoms with Crippen LogP contribution < -0.4 is 0 Å². The number of aromatic nitrogens is 2.